The lowest BCUT2D eigenvalue weighted by Gasteiger charge is -2.52. The fraction of sp³-hybridized carbons (Fsp3) is 0.257. The van der Waals surface area contributed by atoms with Crippen LogP contribution in [0.4, 0.5) is 17.1 Å². The minimum absolute atomic E-state index is 0.0214. The summed E-state index contributed by atoms with van der Waals surface area (Å²) in [7, 11) is -2.44. The molecule has 0 aliphatic carbocycles. The van der Waals surface area contributed by atoms with Crippen LogP contribution in [-0.4, -0.2) is 23.3 Å². The number of hydrogen-bond donors (Lipinski definition) is 1. The van der Waals surface area contributed by atoms with E-state index in [1.54, 1.807) is 0 Å². The van der Waals surface area contributed by atoms with Crippen molar-refractivity contribution >= 4 is 35.6 Å². The molecule has 0 amide bonds. The molecule has 5 heteroatoms. The first-order valence-electron chi connectivity index (χ1n) is 14.0. The van der Waals surface area contributed by atoms with Gasteiger partial charge in [-0.15, -0.1) is 0 Å². The Hall–Kier alpha value is -3.96. The van der Waals surface area contributed by atoms with Gasteiger partial charge in [-0.3, -0.25) is 10.1 Å². The van der Waals surface area contributed by atoms with Crippen molar-refractivity contribution in [1.82, 2.24) is 15.2 Å². The van der Waals surface area contributed by atoms with Crippen molar-refractivity contribution in [2.75, 3.05) is 4.90 Å². The maximum absolute atomic E-state index is 5.04. The number of nitrogens with zero attached hydrogens (tertiary/aromatic N) is 3. The molecule has 0 spiro atoms. The number of aromatic nitrogens is 3. The molecule has 0 atom stereocenters. The third-order valence-electron chi connectivity index (χ3n) is 7.96. The van der Waals surface area contributed by atoms with Gasteiger partial charge in [-0.2, -0.15) is 5.10 Å². The summed E-state index contributed by atoms with van der Waals surface area (Å²) in [4.78, 5) is 7.39. The van der Waals surface area contributed by atoms with Crippen molar-refractivity contribution in [3.05, 3.63) is 115 Å². The van der Waals surface area contributed by atoms with Crippen molar-refractivity contribution in [3.8, 4) is 11.3 Å². The Kier molecular flexibility index (Phi) is 7.28. The number of benzene rings is 3. The molecule has 1 N–H and O–H groups in total. The maximum Gasteiger partial charge on any atom is 0.151 e. The summed E-state index contributed by atoms with van der Waals surface area (Å²) in [5, 5.41) is 10.3. The van der Waals surface area contributed by atoms with E-state index in [-0.39, 0.29) is 10.1 Å². The van der Waals surface area contributed by atoms with E-state index in [0.29, 0.717) is 0 Å². The molecular weight excluding hydrogens is 504 g/mol. The first-order valence-corrected chi connectivity index (χ1v) is 16.0. The summed E-state index contributed by atoms with van der Waals surface area (Å²) in [6, 6.07) is 37.0. The van der Waals surface area contributed by atoms with Crippen molar-refractivity contribution in [1.29, 1.82) is 0 Å². The maximum atomic E-state index is 5.04. The van der Waals surface area contributed by atoms with Gasteiger partial charge in [-0.25, -0.2) is 0 Å². The highest BCUT2D eigenvalue weighted by Crippen LogP contribution is 2.50. The molecule has 0 bridgehead atoms. The van der Waals surface area contributed by atoms with Crippen molar-refractivity contribution < 1.29 is 0 Å². The summed E-state index contributed by atoms with van der Waals surface area (Å²) in [6.45, 7) is 16.4. The molecule has 0 fully saturated rings. The highest BCUT2D eigenvalue weighted by molar-refractivity contribution is 7.05. The predicted octanol–water partition coefficient (Wildman–Crippen LogP) is 8.41. The number of nitrogens with one attached hydrogen (secondary N) is 1. The Balaban J connectivity index is 1.74. The van der Waals surface area contributed by atoms with Crippen LogP contribution < -0.4 is 15.4 Å². The average Bonchev–Trinajstić information content (AvgIpc) is 3.36. The molecule has 0 saturated carbocycles. The van der Waals surface area contributed by atoms with Gasteiger partial charge in [0.15, 0.2) is 8.07 Å². The molecule has 0 aliphatic heterocycles. The smallest absolute Gasteiger partial charge is 0.151 e. The second-order valence-corrected chi connectivity index (χ2v) is 18.3. The van der Waals surface area contributed by atoms with E-state index >= 15 is 0 Å². The van der Waals surface area contributed by atoms with E-state index in [2.05, 4.69) is 154 Å². The molecule has 3 aromatic carbocycles. The van der Waals surface area contributed by atoms with Gasteiger partial charge in [-0.1, -0.05) is 90.1 Å². The summed E-state index contributed by atoms with van der Waals surface area (Å²) in [6.07, 6.45) is 1.96. The Morgan fingerprint density at radius 1 is 0.650 bits per heavy atom. The first kappa shape index (κ1) is 27.6. The normalized spacial score (nSPS) is 12.4. The fourth-order valence-corrected chi connectivity index (χ4v) is 13.9. The van der Waals surface area contributed by atoms with Crippen LogP contribution in [0.1, 0.15) is 47.2 Å². The summed E-state index contributed by atoms with van der Waals surface area (Å²) in [5.41, 5.74) is 6.43. The van der Waals surface area contributed by atoms with Crippen molar-refractivity contribution in [2.45, 2.75) is 58.5 Å². The Labute approximate surface area is 240 Å². The first-order chi connectivity index (χ1) is 19.0. The number of H-pyrrole nitrogens is 1. The molecule has 0 radical (unpaired) electrons. The van der Waals surface area contributed by atoms with Crippen LogP contribution in [0.2, 0.25) is 10.1 Å². The Morgan fingerprint density at radius 3 is 1.88 bits per heavy atom. The largest absolute Gasteiger partial charge is 0.310 e. The SMILES string of the molecule is Cc1cc(-c2cccc(N(c3ccccc3)c3cccc([Si](c4ccccn4)(C(C)(C)C)C(C)(C)C)c3)c2)n[nH]1. The van der Waals surface area contributed by atoms with Gasteiger partial charge in [0.25, 0.3) is 0 Å². The lowest BCUT2D eigenvalue weighted by Crippen LogP contribution is -2.70. The second-order valence-electron chi connectivity index (χ2n) is 12.7. The van der Waals surface area contributed by atoms with Crippen molar-refractivity contribution in [2.24, 2.45) is 0 Å². The zero-order valence-corrected chi connectivity index (χ0v) is 25.7. The summed E-state index contributed by atoms with van der Waals surface area (Å²) in [5.74, 6) is 0. The van der Waals surface area contributed by atoms with Crippen LogP contribution in [0.5, 0.6) is 0 Å². The number of pyridine rings is 1. The highest BCUT2D eigenvalue weighted by Gasteiger charge is 2.56. The summed E-state index contributed by atoms with van der Waals surface area (Å²) < 4.78 is 0. The topological polar surface area (TPSA) is 44.8 Å². The molecule has 40 heavy (non-hydrogen) atoms. The number of hydrogen-bond acceptors (Lipinski definition) is 3. The lowest BCUT2D eigenvalue weighted by atomic mass is 10.1. The predicted molar refractivity (Wildman–Crippen MR) is 172 cm³/mol. The number of rotatable bonds is 6. The third kappa shape index (κ3) is 4.90. The fourth-order valence-electron chi connectivity index (χ4n) is 6.76. The molecule has 204 valence electrons. The van der Waals surface area contributed by atoms with Gasteiger partial charge in [0, 0.05) is 39.8 Å². The minimum atomic E-state index is -2.44. The number of anilines is 3. The lowest BCUT2D eigenvalue weighted by molar-refractivity contribution is 0.635. The molecule has 0 saturated heterocycles. The van der Waals surface area contributed by atoms with E-state index in [4.69, 9.17) is 4.98 Å². The van der Waals surface area contributed by atoms with Gasteiger partial charge in [-0.05, 0) is 76.8 Å². The Bertz CT molecular complexity index is 1560. The number of para-hydroxylation sites is 1. The zero-order valence-electron chi connectivity index (χ0n) is 24.7. The van der Waals surface area contributed by atoms with E-state index in [1.807, 2.05) is 19.2 Å². The zero-order chi connectivity index (χ0) is 28.5. The molecule has 2 aromatic heterocycles. The Morgan fingerprint density at radius 2 is 1.27 bits per heavy atom. The van der Waals surface area contributed by atoms with Crippen LogP contribution in [0.15, 0.2) is 109 Å². The molecular formula is C35H40N4Si. The average molecular weight is 545 g/mol. The van der Waals surface area contributed by atoms with Crippen LogP contribution in [0.25, 0.3) is 11.3 Å². The van der Waals surface area contributed by atoms with E-state index in [1.165, 1.54) is 10.5 Å². The third-order valence-corrected chi connectivity index (χ3v) is 14.7. The minimum Gasteiger partial charge on any atom is -0.310 e. The molecule has 2 heterocycles. The summed E-state index contributed by atoms with van der Waals surface area (Å²) >= 11 is 0. The van der Waals surface area contributed by atoms with Crippen LogP contribution >= 0.6 is 0 Å². The quantitative estimate of drug-likeness (QED) is 0.218. The standard InChI is InChI=1S/C35H40N4Si/c1-26-23-32(38-37-26)27-15-13-18-29(24-27)39(28-16-9-8-10-17-28)30-19-14-20-31(25-30)40(34(2,3)4,35(5,6)7)33-21-11-12-22-36-33/h8-25H,1-7H3,(H,37,38). The molecule has 4 nitrogen and oxygen atoms in total. The number of aromatic amines is 1. The van der Waals surface area contributed by atoms with E-state index in [9.17, 15) is 0 Å². The van der Waals surface area contributed by atoms with Crippen LogP contribution in [0, 0.1) is 6.92 Å². The molecule has 0 unspecified atom stereocenters. The highest BCUT2D eigenvalue weighted by atomic mass is 28.3. The van der Waals surface area contributed by atoms with Crippen molar-refractivity contribution in [3.63, 3.8) is 0 Å². The van der Waals surface area contributed by atoms with Gasteiger partial charge in [0.2, 0.25) is 0 Å². The van der Waals surface area contributed by atoms with E-state index in [0.717, 1.165) is 34.0 Å². The second kappa shape index (κ2) is 10.5. The number of aryl methyl sites for hydroxylation is 1. The molecule has 0 aliphatic rings. The van der Waals surface area contributed by atoms with Crippen LogP contribution in [-0.2, 0) is 0 Å². The van der Waals surface area contributed by atoms with Gasteiger partial charge in [0.05, 0.1) is 5.69 Å². The van der Waals surface area contributed by atoms with Gasteiger partial charge >= 0.3 is 0 Å². The van der Waals surface area contributed by atoms with Gasteiger partial charge < -0.3 is 4.90 Å². The van der Waals surface area contributed by atoms with E-state index < -0.39 is 8.07 Å². The molecule has 5 aromatic rings. The van der Waals surface area contributed by atoms with Gasteiger partial charge in [0.1, 0.15) is 0 Å². The van der Waals surface area contributed by atoms with Crippen LogP contribution in [0.3, 0.4) is 0 Å². The monoisotopic (exact) mass is 544 g/mol. The molecule has 5 rings (SSSR count).